The normalized spacial score (nSPS) is 24.2. The zero-order valence-electron chi connectivity index (χ0n) is 12.1. The van der Waals surface area contributed by atoms with E-state index in [1.165, 1.54) is 12.1 Å². The van der Waals surface area contributed by atoms with Crippen LogP contribution in [0.1, 0.15) is 38.7 Å². The molecule has 0 radical (unpaired) electrons. The molecule has 1 aromatic carbocycles. The molecule has 1 aliphatic heterocycles. The fraction of sp³-hybridized carbons (Fsp3) is 0.571. The van der Waals surface area contributed by atoms with Crippen molar-refractivity contribution in [3.8, 4) is 0 Å². The first kappa shape index (κ1) is 17.0. The number of hydrogen-bond donors (Lipinski definition) is 1. The summed E-state index contributed by atoms with van der Waals surface area (Å²) in [7, 11) is -3.65. The molecule has 0 aliphatic carbocycles. The molecule has 0 bridgehead atoms. The molecule has 2 unspecified atom stereocenters. The molecule has 21 heavy (non-hydrogen) atoms. The summed E-state index contributed by atoms with van der Waals surface area (Å²) in [4.78, 5) is 0.0922. The molecule has 1 heterocycles. The Morgan fingerprint density at radius 1 is 1.19 bits per heavy atom. The van der Waals surface area contributed by atoms with Crippen molar-refractivity contribution >= 4 is 33.2 Å². The van der Waals surface area contributed by atoms with Gasteiger partial charge in [-0.3, -0.25) is 0 Å². The Hall–Kier alpha value is -0.330. The van der Waals surface area contributed by atoms with Gasteiger partial charge < -0.3 is 5.73 Å². The predicted molar refractivity (Wildman–Crippen MR) is 86.2 cm³/mol. The molecule has 118 valence electrons. The van der Waals surface area contributed by atoms with Gasteiger partial charge in [-0.15, -0.1) is 0 Å². The molecule has 7 heteroatoms. The number of benzene rings is 1. The molecule has 0 spiro atoms. The summed E-state index contributed by atoms with van der Waals surface area (Å²) in [5, 5.41) is 0.531. The number of rotatable bonds is 3. The van der Waals surface area contributed by atoms with E-state index in [-0.39, 0.29) is 28.5 Å². The van der Waals surface area contributed by atoms with Gasteiger partial charge in [-0.1, -0.05) is 29.6 Å². The van der Waals surface area contributed by atoms with Crippen molar-refractivity contribution in [3.63, 3.8) is 0 Å². The summed E-state index contributed by atoms with van der Waals surface area (Å²) >= 11 is 12.1. The van der Waals surface area contributed by atoms with Crippen LogP contribution in [-0.2, 0) is 16.6 Å². The number of piperidine rings is 1. The second kappa shape index (κ2) is 6.42. The average Bonchev–Trinajstić information content (AvgIpc) is 2.38. The van der Waals surface area contributed by atoms with Crippen LogP contribution < -0.4 is 5.73 Å². The molecule has 0 aromatic heterocycles. The highest BCUT2D eigenvalue weighted by Crippen LogP contribution is 2.35. The smallest absolute Gasteiger partial charge is 0.245 e. The van der Waals surface area contributed by atoms with E-state index >= 15 is 0 Å². The first-order valence-electron chi connectivity index (χ1n) is 7.00. The average molecular weight is 351 g/mol. The van der Waals surface area contributed by atoms with Crippen molar-refractivity contribution in [1.29, 1.82) is 0 Å². The molecular formula is C14H20Cl2N2O2S. The van der Waals surface area contributed by atoms with E-state index in [2.05, 4.69) is 0 Å². The Morgan fingerprint density at radius 2 is 1.76 bits per heavy atom. The van der Waals surface area contributed by atoms with Gasteiger partial charge in [0.1, 0.15) is 4.90 Å². The molecule has 0 amide bonds. The Balaban J connectivity index is 2.53. The SMILES string of the molecule is CC1CCCC(C)N1S(=O)(=O)c1cc(CN)c(Cl)cc1Cl. The summed E-state index contributed by atoms with van der Waals surface area (Å²) < 4.78 is 27.5. The zero-order valence-corrected chi connectivity index (χ0v) is 14.5. The van der Waals surface area contributed by atoms with Crippen molar-refractivity contribution in [3.05, 3.63) is 27.7 Å². The topological polar surface area (TPSA) is 63.4 Å². The van der Waals surface area contributed by atoms with Crippen molar-refractivity contribution in [2.75, 3.05) is 0 Å². The van der Waals surface area contributed by atoms with E-state index in [1.807, 2.05) is 13.8 Å². The summed E-state index contributed by atoms with van der Waals surface area (Å²) in [5.74, 6) is 0. The van der Waals surface area contributed by atoms with Gasteiger partial charge in [0.05, 0.1) is 5.02 Å². The highest BCUT2D eigenvalue weighted by molar-refractivity contribution is 7.89. The number of nitrogens with zero attached hydrogens (tertiary/aromatic N) is 1. The monoisotopic (exact) mass is 350 g/mol. The van der Waals surface area contributed by atoms with E-state index in [4.69, 9.17) is 28.9 Å². The quantitative estimate of drug-likeness (QED) is 0.908. The third-order valence-electron chi connectivity index (χ3n) is 3.99. The van der Waals surface area contributed by atoms with E-state index in [1.54, 1.807) is 4.31 Å². The second-order valence-electron chi connectivity index (χ2n) is 5.54. The molecule has 1 aromatic rings. The highest BCUT2D eigenvalue weighted by Gasteiger charge is 2.37. The van der Waals surface area contributed by atoms with Crippen LogP contribution in [0.3, 0.4) is 0 Å². The minimum Gasteiger partial charge on any atom is -0.326 e. The first-order chi connectivity index (χ1) is 9.78. The Bertz CT molecular complexity index is 624. The predicted octanol–water partition coefficient (Wildman–Crippen LogP) is 3.40. The highest BCUT2D eigenvalue weighted by atomic mass is 35.5. The van der Waals surface area contributed by atoms with Gasteiger partial charge in [0.25, 0.3) is 0 Å². The third kappa shape index (κ3) is 3.22. The maximum Gasteiger partial charge on any atom is 0.245 e. The summed E-state index contributed by atoms with van der Waals surface area (Å²) in [6, 6.07) is 2.88. The second-order valence-corrected chi connectivity index (χ2v) is 8.17. The van der Waals surface area contributed by atoms with Crippen LogP contribution in [0.15, 0.2) is 17.0 Å². The Kier molecular flexibility index (Phi) is 5.21. The third-order valence-corrected chi connectivity index (χ3v) is 6.93. The lowest BCUT2D eigenvalue weighted by molar-refractivity contribution is 0.204. The zero-order chi connectivity index (χ0) is 15.8. The molecule has 1 fully saturated rings. The Labute approximate surface area is 136 Å². The molecule has 2 rings (SSSR count). The lowest BCUT2D eigenvalue weighted by Crippen LogP contribution is -2.47. The molecule has 1 aliphatic rings. The largest absolute Gasteiger partial charge is 0.326 e. The molecular weight excluding hydrogens is 331 g/mol. The van der Waals surface area contributed by atoms with E-state index < -0.39 is 10.0 Å². The van der Waals surface area contributed by atoms with Gasteiger partial charge in [0, 0.05) is 23.7 Å². The van der Waals surface area contributed by atoms with E-state index in [0.29, 0.717) is 10.6 Å². The molecule has 0 saturated carbocycles. The van der Waals surface area contributed by atoms with Crippen LogP contribution in [0, 0.1) is 0 Å². The maximum absolute atomic E-state index is 13.0. The number of nitrogens with two attached hydrogens (primary N) is 1. The number of sulfonamides is 1. The van der Waals surface area contributed by atoms with Crippen LogP contribution in [0.2, 0.25) is 10.0 Å². The maximum atomic E-state index is 13.0. The molecule has 1 saturated heterocycles. The van der Waals surface area contributed by atoms with Crippen LogP contribution >= 0.6 is 23.2 Å². The van der Waals surface area contributed by atoms with Gasteiger partial charge in [-0.05, 0) is 44.4 Å². The fourth-order valence-corrected chi connectivity index (χ4v) is 5.65. The molecule has 2 atom stereocenters. The standard InChI is InChI=1S/C14H20Cl2N2O2S/c1-9-4-3-5-10(2)18(9)21(19,20)14-6-11(8-17)12(15)7-13(14)16/h6-7,9-10H,3-5,8,17H2,1-2H3. The fourth-order valence-electron chi connectivity index (χ4n) is 2.91. The first-order valence-corrected chi connectivity index (χ1v) is 9.20. The van der Waals surface area contributed by atoms with Gasteiger partial charge >= 0.3 is 0 Å². The van der Waals surface area contributed by atoms with Crippen LogP contribution in [0.4, 0.5) is 0 Å². The minimum absolute atomic E-state index is 0.0354. The van der Waals surface area contributed by atoms with Crippen LogP contribution in [0.5, 0.6) is 0 Å². The summed E-state index contributed by atoms with van der Waals surface area (Å²) in [6.07, 6.45) is 2.76. The van der Waals surface area contributed by atoms with Gasteiger partial charge in [-0.2, -0.15) is 4.31 Å². The van der Waals surface area contributed by atoms with Gasteiger partial charge in [0.15, 0.2) is 0 Å². The van der Waals surface area contributed by atoms with Gasteiger partial charge in [0.2, 0.25) is 10.0 Å². The minimum atomic E-state index is -3.65. The summed E-state index contributed by atoms with van der Waals surface area (Å²) in [5.41, 5.74) is 6.19. The lowest BCUT2D eigenvalue weighted by atomic mass is 10.0. The summed E-state index contributed by atoms with van der Waals surface area (Å²) in [6.45, 7) is 4.03. The van der Waals surface area contributed by atoms with Crippen molar-refractivity contribution < 1.29 is 8.42 Å². The van der Waals surface area contributed by atoms with E-state index in [0.717, 1.165) is 19.3 Å². The Morgan fingerprint density at radius 3 is 2.29 bits per heavy atom. The van der Waals surface area contributed by atoms with Crippen molar-refractivity contribution in [2.24, 2.45) is 5.73 Å². The molecule has 2 N–H and O–H groups in total. The van der Waals surface area contributed by atoms with E-state index in [9.17, 15) is 8.42 Å². The van der Waals surface area contributed by atoms with Gasteiger partial charge in [-0.25, -0.2) is 8.42 Å². The van der Waals surface area contributed by atoms with Crippen LogP contribution in [0.25, 0.3) is 0 Å². The van der Waals surface area contributed by atoms with Crippen molar-refractivity contribution in [1.82, 2.24) is 4.31 Å². The lowest BCUT2D eigenvalue weighted by Gasteiger charge is -2.37. The molecule has 4 nitrogen and oxygen atoms in total. The number of hydrogen-bond acceptors (Lipinski definition) is 3. The van der Waals surface area contributed by atoms with Crippen molar-refractivity contribution in [2.45, 2.75) is 56.6 Å². The van der Waals surface area contributed by atoms with Crippen LogP contribution in [-0.4, -0.2) is 24.8 Å². The number of halogens is 2.